The summed E-state index contributed by atoms with van der Waals surface area (Å²) in [4.78, 5) is 9.71. The maximum atomic E-state index is 9.71. The highest BCUT2D eigenvalue weighted by atomic mass is 31.2. The Hall–Kier alpha value is -0.155. The molecule has 0 aromatic heterocycles. The Balaban J connectivity index is 0. The van der Waals surface area contributed by atoms with Crippen LogP contribution in [0.5, 0.6) is 0 Å². The molecule has 0 aliphatic carbocycles. The SMILES string of the molecule is CCOP(OCC)OCC.[B]C(=O)NCC. The number of carbonyl (C=O) groups excluding carboxylic acids is 1. The normalized spacial score (nSPS) is 9.56. The first-order valence-electron chi connectivity index (χ1n) is 5.34. The Morgan fingerprint density at radius 2 is 1.44 bits per heavy atom. The molecule has 0 atom stereocenters. The van der Waals surface area contributed by atoms with E-state index in [-0.39, 0.29) is 0 Å². The smallest absolute Gasteiger partial charge is 0.332 e. The van der Waals surface area contributed by atoms with Crippen LogP contribution in [0.2, 0.25) is 0 Å². The van der Waals surface area contributed by atoms with Crippen LogP contribution >= 0.6 is 8.60 Å². The molecule has 0 fully saturated rings. The van der Waals surface area contributed by atoms with Gasteiger partial charge in [-0.3, -0.25) is 4.79 Å². The lowest BCUT2D eigenvalue weighted by Gasteiger charge is -2.12. The molecule has 0 rings (SSSR count). The molecule has 0 spiro atoms. The van der Waals surface area contributed by atoms with Gasteiger partial charge in [0.2, 0.25) is 0 Å². The van der Waals surface area contributed by atoms with E-state index in [0.717, 1.165) is 0 Å². The largest absolute Gasteiger partial charge is 0.366 e. The maximum absolute atomic E-state index is 9.71. The van der Waals surface area contributed by atoms with Crippen LogP contribution in [0.1, 0.15) is 27.7 Å². The topological polar surface area (TPSA) is 56.8 Å². The third-order valence-corrected chi connectivity index (χ3v) is 2.46. The number of rotatable bonds is 7. The average Bonchev–Trinajstić information content (AvgIpc) is 2.19. The molecule has 0 aromatic rings. The monoisotopic (exact) mass is 249 g/mol. The number of hydrogen-bond acceptors (Lipinski definition) is 4. The number of nitrogens with one attached hydrogen (secondary N) is 1. The van der Waals surface area contributed by atoms with Gasteiger partial charge < -0.3 is 18.9 Å². The minimum absolute atomic E-state index is 0.461. The van der Waals surface area contributed by atoms with Gasteiger partial charge >= 0.3 is 8.60 Å². The van der Waals surface area contributed by atoms with Gasteiger partial charge in [0.25, 0.3) is 0 Å². The van der Waals surface area contributed by atoms with Gasteiger partial charge in [0.15, 0.2) is 13.7 Å². The van der Waals surface area contributed by atoms with E-state index in [1.54, 1.807) is 0 Å². The minimum Gasteiger partial charge on any atom is -0.366 e. The molecule has 0 unspecified atom stereocenters. The van der Waals surface area contributed by atoms with Crippen LogP contribution < -0.4 is 5.32 Å². The molecule has 0 heterocycles. The molecule has 0 bridgehead atoms. The van der Waals surface area contributed by atoms with Gasteiger partial charge in [-0.15, -0.1) is 0 Å². The van der Waals surface area contributed by atoms with Crippen molar-refractivity contribution in [1.82, 2.24) is 5.32 Å². The van der Waals surface area contributed by atoms with Crippen LogP contribution in [0, 0.1) is 0 Å². The summed E-state index contributed by atoms with van der Waals surface area (Å²) in [6.07, 6.45) is 0. The molecule has 5 nitrogen and oxygen atoms in total. The molecule has 0 saturated carbocycles. The Morgan fingerprint density at radius 3 is 1.56 bits per heavy atom. The number of hydrogen-bond donors (Lipinski definition) is 1. The zero-order chi connectivity index (χ0) is 12.8. The summed E-state index contributed by atoms with van der Waals surface area (Å²) in [6, 6.07) is 0. The lowest BCUT2D eigenvalue weighted by atomic mass is 10.1. The Labute approximate surface area is 101 Å². The fourth-order valence-electron chi connectivity index (χ4n) is 0.602. The molecule has 2 radical (unpaired) electrons. The first-order chi connectivity index (χ1) is 7.62. The zero-order valence-corrected chi connectivity index (χ0v) is 11.4. The lowest BCUT2D eigenvalue weighted by Crippen LogP contribution is -2.20. The highest BCUT2D eigenvalue weighted by Gasteiger charge is 2.07. The average molecular weight is 249 g/mol. The van der Waals surface area contributed by atoms with Crippen molar-refractivity contribution in [3.05, 3.63) is 0 Å². The third-order valence-electron chi connectivity index (χ3n) is 1.05. The quantitative estimate of drug-likeness (QED) is 0.555. The van der Waals surface area contributed by atoms with Crippen molar-refractivity contribution in [2.45, 2.75) is 27.7 Å². The van der Waals surface area contributed by atoms with E-state index in [1.807, 2.05) is 27.7 Å². The van der Waals surface area contributed by atoms with Crippen LogP contribution in [-0.4, -0.2) is 40.0 Å². The molecule has 0 aliphatic heterocycles. The zero-order valence-electron chi connectivity index (χ0n) is 10.5. The Bertz CT molecular complexity index is 148. The van der Waals surface area contributed by atoms with Crippen LogP contribution in [0.3, 0.4) is 0 Å². The van der Waals surface area contributed by atoms with Crippen molar-refractivity contribution >= 4 is 22.3 Å². The highest BCUT2D eigenvalue weighted by molar-refractivity contribution is 7.41. The fourth-order valence-corrected chi connectivity index (χ4v) is 1.46. The van der Waals surface area contributed by atoms with Crippen molar-refractivity contribution in [2.75, 3.05) is 26.4 Å². The van der Waals surface area contributed by atoms with Gasteiger partial charge in [-0.2, -0.15) is 0 Å². The van der Waals surface area contributed by atoms with E-state index in [1.165, 1.54) is 0 Å². The molecule has 1 N–H and O–H groups in total. The van der Waals surface area contributed by atoms with Crippen LogP contribution in [0.4, 0.5) is 4.79 Å². The van der Waals surface area contributed by atoms with Gasteiger partial charge in [0, 0.05) is 6.54 Å². The summed E-state index contributed by atoms with van der Waals surface area (Å²) in [7, 11) is 3.59. The van der Waals surface area contributed by atoms with Gasteiger partial charge in [-0.05, 0) is 27.7 Å². The molecule has 16 heavy (non-hydrogen) atoms. The second-order valence-electron chi connectivity index (χ2n) is 2.37. The predicted octanol–water partition coefficient (Wildman–Crippen LogP) is 2.21. The van der Waals surface area contributed by atoms with E-state index in [0.29, 0.717) is 26.4 Å². The molecular formula is C9H21BNO4P. The van der Waals surface area contributed by atoms with E-state index in [2.05, 4.69) is 13.2 Å². The van der Waals surface area contributed by atoms with Crippen molar-refractivity contribution in [2.24, 2.45) is 0 Å². The molecule has 0 saturated heterocycles. The summed E-state index contributed by atoms with van der Waals surface area (Å²) in [5.41, 5.74) is 0. The summed E-state index contributed by atoms with van der Waals surface area (Å²) in [5, 5.41) is 2.35. The van der Waals surface area contributed by atoms with Crippen molar-refractivity contribution < 1.29 is 18.4 Å². The van der Waals surface area contributed by atoms with Crippen molar-refractivity contribution in [1.29, 1.82) is 0 Å². The second-order valence-corrected chi connectivity index (χ2v) is 3.59. The van der Waals surface area contributed by atoms with E-state index < -0.39 is 14.4 Å². The van der Waals surface area contributed by atoms with Gasteiger partial charge in [0.05, 0.1) is 19.8 Å². The molecule has 1 amide bonds. The summed E-state index contributed by atoms with van der Waals surface area (Å²) in [6.45, 7) is 10.1. The van der Waals surface area contributed by atoms with E-state index in [4.69, 9.17) is 13.6 Å². The van der Waals surface area contributed by atoms with Gasteiger partial charge in [-0.25, -0.2) is 0 Å². The highest BCUT2D eigenvalue weighted by Crippen LogP contribution is 2.38. The van der Waals surface area contributed by atoms with Crippen molar-refractivity contribution in [3.63, 3.8) is 0 Å². The third kappa shape index (κ3) is 16.3. The molecule has 0 aliphatic rings. The van der Waals surface area contributed by atoms with Crippen LogP contribution in [0.15, 0.2) is 0 Å². The maximum Gasteiger partial charge on any atom is 0.332 e. The van der Waals surface area contributed by atoms with E-state index in [9.17, 15) is 4.79 Å². The second kappa shape index (κ2) is 14.8. The minimum atomic E-state index is -1.06. The molecule has 0 aromatic carbocycles. The summed E-state index contributed by atoms with van der Waals surface area (Å²) in [5.74, 6) is -0.461. The Morgan fingerprint density at radius 1 is 1.06 bits per heavy atom. The summed E-state index contributed by atoms with van der Waals surface area (Å²) < 4.78 is 15.4. The first kappa shape index (κ1) is 18.2. The number of carbonyl (C=O) groups is 1. The van der Waals surface area contributed by atoms with Crippen LogP contribution in [0.25, 0.3) is 0 Å². The van der Waals surface area contributed by atoms with Gasteiger partial charge in [-0.1, -0.05) is 0 Å². The van der Waals surface area contributed by atoms with Gasteiger partial charge in [0.1, 0.15) is 0 Å². The molecular weight excluding hydrogens is 228 g/mol. The molecule has 7 heteroatoms. The fraction of sp³-hybridized carbons (Fsp3) is 0.889. The van der Waals surface area contributed by atoms with Crippen molar-refractivity contribution in [3.8, 4) is 0 Å². The summed E-state index contributed by atoms with van der Waals surface area (Å²) >= 11 is 0. The molecule has 94 valence electrons. The van der Waals surface area contributed by atoms with Crippen LogP contribution in [-0.2, 0) is 13.6 Å². The number of amides is 1. The first-order valence-corrected chi connectivity index (χ1v) is 6.43. The lowest BCUT2D eigenvalue weighted by molar-refractivity contribution is 0.176. The predicted molar refractivity (Wildman–Crippen MR) is 66.6 cm³/mol. The van der Waals surface area contributed by atoms with E-state index >= 15 is 0 Å². The Kier molecular flexibility index (Phi) is 16.9. The standard InChI is InChI=1S/C6H15O3P.C3H6BNO/c1-4-7-10(8-5-2)9-6-3;1-2-5-3(4)6/h4-6H2,1-3H3;2H2,1H3,(H,5,6).